The highest BCUT2D eigenvalue weighted by molar-refractivity contribution is 9.10. The number of carbonyl (C=O) groups excluding carboxylic acids is 1. The van der Waals surface area contributed by atoms with Gasteiger partial charge in [-0.2, -0.15) is 8.78 Å². The van der Waals surface area contributed by atoms with Crippen molar-refractivity contribution in [1.82, 2.24) is 0 Å². The Bertz CT molecular complexity index is 447. The summed E-state index contributed by atoms with van der Waals surface area (Å²) in [5, 5.41) is 0. The number of halogens is 3. The van der Waals surface area contributed by atoms with E-state index in [0.29, 0.717) is 10.2 Å². The molecule has 6 heteroatoms. The highest BCUT2D eigenvalue weighted by atomic mass is 79.9. The largest absolute Gasteiger partial charge is 0.490 e. The fraction of sp³-hybridized carbons (Fsp3) is 0.417. The molecule has 0 radical (unpaired) electrons. The van der Waals surface area contributed by atoms with Gasteiger partial charge in [0.1, 0.15) is 5.75 Å². The molecule has 0 saturated heterocycles. The summed E-state index contributed by atoms with van der Waals surface area (Å²) in [6.45, 7) is 3.65. The van der Waals surface area contributed by atoms with Crippen molar-refractivity contribution >= 4 is 21.9 Å². The maximum atomic E-state index is 13.6. The molecule has 3 nitrogen and oxygen atoms in total. The van der Waals surface area contributed by atoms with E-state index >= 15 is 0 Å². The summed E-state index contributed by atoms with van der Waals surface area (Å²) in [5.74, 6) is -4.82. The molecule has 0 spiro atoms. The zero-order valence-electron chi connectivity index (χ0n) is 10.2. The number of hydrogen-bond acceptors (Lipinski definition) is 3. The summed E-state index contributed by atoms with van der Waals surface area (Å²) in [6, 6.07) is 3.67. The van der Waals surface area contributed by atoms with Gasteiger partial charge in [0.05, 0.1) is 17.7 Å². The van der Waals surface area contributed by atoms with Crippen molar-refractivity contribution in [2.75, 3.05) is 7.11 Å². The van der Waals surface area contributed by atoms with E-state index in [1.54, 1.807) is 0 Å². The molecule has 0 atom stereocenters. The lowest BCUT2D eigenvalue weighted by molar-refractivity contribution is -0.170. The van der Waals surface area contributed by atoms with E-state index in [0.717, 1.165) is 19.2 Å². The predicted molar refractivity (Wildman–Crippen MR) is 65.8 cm³/mol. The second-order valence-corrected chi connectivity index (χ2v) is 4.73. The van der Waals surface area contributed by atoms with Crippen LogP contribution in [0.2, 0.25) is 0 Å². The minimum Gasteiger partial charge on any atom is -0.490 e. The van der Waals surface area contributed by atoms with Gasteiger partial charge in [0.15, 0.2) is 0 Å². The van der Waals surface area contributed by atoms with Gasteiger partial charge in [0.25, 0.3) is 0 Å². The van der Waals surface area contributed by atoms with Gasteiger partial charge in [-0.25, -0.2) is 4.79 Å². The van der Waals surface area contributed by atoms with Crippen molar-refractivity contribution in [2.24, 2.45) is 0 Å². The van der Waals surface area contributed by atoms with Crippen LogP contribution in [0.3, 0.4) is 0 Å². The van der Waals surface area contributed by atoms with Crippen LogP contribution in [0, 0.1) is 0 Å². The Hall–Kier alpha value is -1.17. The van der Waals surface area contributed by atoms with Crippen LogP contribution in [0.25, 0.3) is 0 Å². The average Bonchev–Trinajstić information content (AvgIpc) is 2.29. The minimum absolute atomic E-state index is 0.0757. The molecule has 0 amide bonds. The summed E-state index contributed by atoms with van der Waals surface area (Å²) in [4.78, 5) is 11.0. The van der Waals surface area contributed by atoms with Gasteiger partial charge >= 0.3 is 11.9 Å². The molecular weight excluding hydrogens is 310 g/mol. The van der Waals surface area contributed by atoms with Gasteiger partial charge in [-0.15, -0.1) is 0 Å². The molecule has 1 aromatic carbocycles. The number of esters is 1. The molecule has 0 heterocycles. The first-order valence-corrected chi connectivity index (χ1v) is 6.01. The van der Waals surface area contributed by atoms with E-state index in [1.165, 1.54) is 6.07 Å². The molecule has 0 fully saturated rings. The summed E-state index contributed by atoms with van der Waals surface area (Å²) in [5.41, 5.74) is -0.447. The number of carbonyl (C=O) groups is 1. The minimum atomic E-state index is -3.67. The van der Waals surface area contributed by atoms with E-state index in [-0.39, 0.29) is 6.10 Å². The van der Waals surface area contributed by atoms with Gasteiger partial charge in [-0.05, 0) is 48.0 Å². The fourth-order valence-corrected chi connectivity index (χ4v) is 1.76. The molecule has 0 aliphatic heterocycles. The van der Waals surface area contributed by atoms with E-state index in [2.05, 4.69) is 20.7 Å². The van der Waals surface area contributed by atoms with Crippen LogP contribution in [0.5, 0.6) is 5.75 Å². The number of hydrogen-bond donors (Lipinski definition) is 0. The van der Waals surface area contributed by atoms with Crippen molar-refractivity contribution in [3.8, 4) is 5.75 Å². The molecule has 0 unspecified atom stereocenters. The zero-order valence-corrected chi connectivity index (χ0v) is 11.8. The second kappa shape index (κ2) is 5.65. The lowest BCUT2D eigenvalue weighted by Crippen LogP contribution is -2.27. The van der Waals surface area contributed by atoms with Crippen LogP contribution in [-0.4, -0.2) is 19.2 Å². The quantitative estimate of drug-likeness (QED) is 0.796. The standard InChI is InChI=1S/C12H13BrF2O3/c1-7(2)18-10-5-4-8(6-9(10)13)12(14,15)11(16)17-3/h4-7H,1-3H3. The van der Waals surface area contributed by atoms with Crippen molar-refractivity contribution < 1.29 is 23.0 Å². The van der Waals surface area contributed by atoms with E-state index in [4.69, 9.17) is 4.74 Å². The molecule has 0 saturated carbocycles. The number of ether oxygens (including phenoxy) is 2. The molecular formula is C12H13BrF2O3. The maximum absolute atomic E-state index is 13.6. The molecule has 100 valence electrons. The van der Waals surface area contributed by atoms with Crippen LogP contribution < -0.4 is 4.74 Å². The Morgan fingerprint density at radius 3 is 2.44 bits per heavy atom. The SMILES string of the molecule is COC(=O)C(F)(F)c1ccc(OC(C)C)c(Br)c1. The molecule has 0 aromatic heterocycles. The normalized spacial score (nSPS) is 11.5. The first-order valence-electron chi connectivity index (χ1n) is 5.22. The molecule has 1 rings (SSSR count). The fourth-order valence-electron chi connectivity index (χ4n) is 1.29. The van der Waals surface area contributed by atoms with Crippen molar-refractivity contribution in [3.05, 3.63) is 28.2 Å². The summed E-state index contributed by atoms with van der Waals surface area (Å²) >= 11 is 3.13. The number of rotatable bonds is 4. The number of methoxy groups -OCH3 is 1. The van der Waals surface area contributed by atoms with Crippen LogP contribution in [-0.2, 0) is 15.5 Å². The summed E-state index contributed by atoms with van der Waals surface area (Å²) in [7, 11) is 0.918. The smallest absolute Gasteiger partial charge is 0.381 e. The molecule has 0 aliphatic rings. The topological polar surface area (TPSA) is 35.5 Å². The monoisotopic (exact) mass is 322 g/mol. The Labute approximate surface area is 112 Å². The Morgan fingerprint density at radius 1 is 1.39 bits per heavy atom. The first-order chi connectivity index (χ1) is 8.28. The third-order valence-corrected chi connectivity index (χ3v) is 2.72. The molecule has 0 aliphatic carbocycles. The Kier molecular flexibility index (Phi) is 4.67. The number of alkyl halides is 2. The van der Waals surface area contributed by atoms with E-state index in [9.17, 15) is 13.6 Å². The van der Waals surface area contributed by atoms with Gasteiger partial charge in [-0.1, -0.05) is 0 Å². The third kappa shape index (κ3) is 3.19. The molecule has 18 heavy (non-hydrogen) atoms. The van der Waals surface area contributed by atoms with E-state index in [1.807, 2.05) is 13.8 Å². The maximum Gasteiger partial charge on any atom is 0.381 e. The lowest BCUT2D eigenvalue weighted by atomic mass is 10.1. The molecule has 0 bridgehead atoms. The van der Waals surface area contributed by atoms with E-state index < -0.39 is 17.5 Å². The van der Waals surface area contributed by atoms with Gasteiger partial charge in [0, 0.05) is 5.56 Å². The van der Waals surface area contributed by atoms with Gasteiger partial charge < -0.3 is 9.47 Å². The van der Waals surface area contributed by atoms with Crippen molar-refractivity contribution in [3.63, 3.8) is 0 Å². The van der Waals surface area contributed by atoms with Gasteiger partial charge in [0.2, 0.25) is 0 Å². The Balaban J connectivity index is 3.07. The Morgan fingerprint density at radius 2 is 2.00 bits per heavy atom. The molecule has 1 aromatic rings. The van der Waals surface area contributed by atoms with Gasteiger partial charge in [-0.3, -0.25) is 0 Å². The first kappa shape index (κ1) is 14.9. The summed E-state index contributed by atoms with van der Waals surface area (Å²) in [6.07, 6.45) is -0.0757. The van der Waals surface area contributed by atoms with Crippen LogP contribution >= 0.6 is 15.9 Å². The average molecular weight is 323 g/mol. The van der Waals surface area contributed by atoms with Crippen molar-refractivity contribution in [1.29, 1.82) is 0 Å². The third-order valence-electron chi connectivity index (χ3n) is 2.10. The zero-order chi connectivity index (χ0) is 13.9. The lowest BCUT2D eigenvalue weighted by Gasteiger charge is -2.16. The van der Waals surface area contributed by atoms with Crippen LogP contribution in [0.4, 0.5) is 8.78 Å². The summed E-state index contributed by atoms with van der Waals surface area (Å²) < 4.78 is 37.0. The highest BCUT2D eigenvalue weighted by Crippen LogP contribution is 2.35. The molecule has 0 N–H and O–H groups in total. The van der Waals surface area contributed by atoms with Crippen LogP contribution in [0.15, 0.2) is 22.7 Å². The predicted octanol–water partition coefficient (Wildman–Crippen LogP) is 3.50. The highest BCUT2D eigenvalue weighted by Gasteiger charge is 2.42. The van der Waals surface area contributed by atoms with Crippen molar-refractivity contribution in [2.45, 2.75) is 25.9 Å². The number of benzene rings is 1. The van der Waals surface area contributed by atoms with Crippen LogP contribution in [0.1, 0.15) is 19.4 Å². The second-order valence-electron chi connectivity index (χ2n) is 3.88.